The number of alkyl halides is 3. The van der Waals surface area contributed by atoms with Crippen LogP contribution in [0.4, 0.5) is 13.2 Å². The average molecular weight is 416 g/mol. The monoisotopic (exact) mass is 416 g/mol. The fourth-order valence-electron chi connectivity index (χ4n) is 2.97. The summed E-state index contributed by atoms with van der Waals surface area (Å²) in [4.78, 5) is 25.7. The molecule has 11 heteroatoms. The summed E-state index contributed by atoms with van der Waals surface area (Å²) in [7, 11) is 0. The molecule has 0 aromatic carbocycles. The summed E-state index contributed by atoms with van der Waals surface area (Å²) in [6, 6.07) is 3.03. The number of halogens is 3. The molecule has 0 unspecified atom stereocenters. The molecule has 0 saturated carbocycles. The highest BCUT2D eigenvalue weighted by atomic mass is 19.4. The van der Waals surface area contributed by atoms with Gasteiger partial charge in [0.15, 0.2) is 0 Å². The van der Waals surface area contributed by atoms with E-state index in [9.17, 15) is 23.1 Å². The van der Waals surface area contributed by atoms with Gasteiger partial charge in [0.05, 0.1) is 47.5 Å². The highest BCUT2D eigenvalue weighted by Crippen LogP contribution is 2.31. The van der Waals surface area contributed by atoms with Crippen LogP contribution in [0.5, 0.6) is 0 Å². The maximum absolute atomic E-state index is 13.0. The normalized spacial score (nSPS) is 13.0. The molecular formula is C19H15F3N6O2. The Morgan fingerprint density at radius 2 is 2.00 bits per heavy atom. The largest absolute Gasteiger partial charge is 0.417 e. The van der Waals surface area contributed by atoms with Crippen molar-refractivity contribution >= 4 is 10.9 Å². The minimum absolute atomic E-state index is 0.166. The molecule has 4 aromatic heterocycles. The molecule has 4 heterocycles. The van der Waals surface area contributed by atoms with Crippen LogP contribution in [0.25, 0.3) is 33.5 Å². The molecule has 154 valence electrons. The molecule has 30 heavy (non-hydrogen) atoms. The minimum Gasteiger partial charge on any atom is -0.394 e. The van der Waals surface area contributed by atoms with E-state index in [-0.39, 0.29) is 23.4 Å². The number of aromatic nitrogens is 6. The lowest BCUT2D eigenvalue weighted by Crippen LogP contribution is -2.25. The predicted octanol–water partition coefficient (Wildman–Crippen LogP) is 2.82. The Kier molecular flexibility index (Phi) is 4.82. The van der Waals surface area contributed by atoms with E-state index in [4.69, 9.17) is 0 Å². The van der Waals surface area contributed by atoms with E-state index in [1.807, 2.05) is 0 Å². The van der Waals surface area contributed by atoms with Gasteiger partial charge >= 0.3 is 6.18 Å². The van der Waals surface area contributed by atoms with E-state index < -0.39 is 23.3 Å². The third-order valence-corrected chi connectivity index (χ3v) is 4.63. The summed E-state index contributed by atoms with van der Waals surface area (Å²) in [5.41, 5.74) is 0.260. The lowest BCUT2D eigenvalue weighted by molar-refractivity contribution is -0.137. The standard InChI is InChI=1S/C19H15F3N6O2/c1-10(8-29)28-9-24-17-13(18(28)30)4-15(27-16(17)11-5-25-26-6-11)14-3-2-12(7-23-14)19(20,21)22/h2-7,9-10,29H,8H2,1H3,(H,25,26)/t10-/m0/s1. The molecule has 4 rings (SSSR count). The van der Waals surface area contributed by atoms with Crippen molar-refractivity contribution < 1.29 is 18.3 Å². The predicted molar refractivity (Wildman–Crippen MR) is 101 cm³/mol. The topological polar surface area (TPSA) is 110 Å². The summed E-state index contributed by atoms with van der Waals surface area (Å²) in [5, 5.41) is 16.1. The number of aliphatic hydroxyl groups excluding tert-OH is 1. The van der Waals surface area contributed by atoms with Crippen LogP contribution in [0.15, 0.2) is 47.9 Å². The molecule has 0 saturated heterocycles. The van der Waals surface area contributed by atoms with Gasteiger partial charge in [-0.15, -0.1) is 0 Å². The first kappa shape index (κ1) is 19.7. The van der Waals surface area contributed by atoms with E-state index in [1.165, 1.54) is 29.2 Å². The van der Waals surface area contributed by atoms with Gasteiger partial charge in [0.25, 0.3) is 5.56 Å². The van der Waals surface area contributed by atoms with Gasteiger partial charge in [0.2, 0.25) is 0 Å². The van der Waals surface area contributed by atoms with Gasteiger partial charge in [0, 0.05) is 18.0 Å². The highest BCUT2D eigenvalue weighted by Gasteiger charge is 2.30. The molecule has 0 radical (unpaired) electrons. The van der Waals surface area contributed by atoms with Crippen molar-refractivity contribution in [3.63, 3.8) is 0 Å². The summed E-state index contributed by atoms with van der Waals surface area (Å²) in [6.45, 7) is 1.39. The van der Waals surface area contributed by atoms with Crippen LogP contribution < -0.4 is 5.56 Å². The zero-order valence-electron chi connectivity index (χ0n) is 15.6. The molecule has 0 spiro atoms. The Hall–Kier alpha value is -3.60. The molecule has 0 bridgehead atoms. The third-order valence-electron chi connectivity index (χ3n) is 4.63. The van der Waals surface area contributed by atoms with E-state index in [1.54, 1.807) is 13.1 Å². The zero-order chi connectivity index (χ0) is 21.5. The number of aromatic amines is 1. The highest BCUT2D eigenvalue weighted by molar-refractivity contribution is 5.93. The first-order valence-electron chi connectivity index (χ1n) is 8.85. The van der Waals surface area contributed by atoms with Crippen LogP contribution in [0.1, 0.15) is 18.5 Å². The molecule has 0 aliphatic rings. The fraction of sp³-hybridized carbons (Fsp3) is 0.211. The maximum Gasteiger partial charge on any atom is 0.417 e. The molecule has 1 atom stereocenters. The van der Waals surface area contributed by atoms with Crippen LogP contribution in [0.3, 0.4) is 0 Å². The smallest absolute Gasteiger partial charge is 0.394 e. The molecule has 8 nitrogen and oxygen atoms in total. The number of rotatable bonds is 4. The molecular weight excluding hydrogens is 401 g/mol. The van der Waals surface area contributed by atoms with Crippen molar-refractivity contribution in [2.45, 2.75) is 19.1 Å². The first-order chi connectivity index (χ1) is 14.3. The van der Waals surface area contributed by atoms with Gasteiger partial charge in [-0.25, -0.2) is 9.97 Å². The van der Waals surface area contributed by atoms with E-state index >= 15 is 0 Å². The second kappa shape index (κ2) is 7.34. The SMILES string of the molecule is C[C@@H](CO)n1cnc2c(-c3cn[nH]c3)nc(-c3ccc(C(F)(F)F)cn3)cc2c1=O. The summed E-state index contributed by atoms with van der Waals surface area (Å²) in [6.07, 6.45) is 0.591. The van der Waals surface area contributed by atoms with Crippen LogP contribution in [-0.4, -0.2) is 41.4 Å². The molecule has 0 fully saturated rings. The van der Waals surface area contributed by atoms with Crippen molar-refractivity contribution in [3.05, 3.63) is 59.0 Å². The van der Waals surface area contributed by atoms with E-state index in [2.05, 4.69) is 25.1 Å². The second-order valence-electron chi connectivity index (χ2n) is 6.66. The van der Waals surface area contributed by atoms with Crippen LogP contribution in [0, 0.1) is 0 Å². The number of aliphatic hydroxyl groups is 1. The van der Waals surface area contributed by atoms with Crippen LogP contribution in [-0.2, 0) is 6.18 Å². The van der Waals surface area contributed by atoms with Gasteiger partial charge in [-0.2, -0.15) is 18.3 Å². The number of H-pyrrole nitrogens is 1. The molecule has 4 aromatic rings. The van der Waals surface area contributed by atoms with E-state index in [0.717, 1.165) is 6.07 Å². The quantitative estimate of drug-likeness (QED) is 0.530. The van der Waals surface area contributed by atoms with Gasteiger partial charge in [-0.05, 0) is 25.1 Å². The third kappa shape index (κ3) is 3.43. The summed E-state index contributed by atoms with van der Waals surface area (Å²) >= 11 is 0. The van der Waals surface area contributed by atoms with Crippen molar-refractivity contribution in [3.8, 4) is 22.6 Å². The number of hydrogen-bond donors (Lipinski definition) is 2. The van der Waals surface area contributed by atoms with Crippen molar-refractivity contribution in [1.82, 2.24) is 29.7 Å². The summed E-state index contributed by atoms with van der Waals surface area (Å²) in [5.74, 6) is 0. The molecule has 0 amide bonds. The summed E-state index contributed by atoms with van der Waals surface area (Å²) < 4.78 is 39.8. The van der Waals surface area contributed by atoms with Gasteiger partial charge in [-0.1, -0.05) is 0 Å². The molecule has 2 N–H and O–H groups in total. The van der Waals surface area contributed by atoms with Crippen molar-refractivity contribution in [2.24, 2.45) is 0 Å². The Labute approximate surface area is 167 Å². The lowest BCUT2D eigenvalue weighted by atomic mass is 10.1. The van der Waals surface area contributed by atoms with Crippen LogP contribution in [0.2, 0.25) is 0 Å². The van der Waals surface area contributed by atoms with Crippen LogP contribution >= 0.6 is 0 Å². The molecule has 0 aliphatic carbocycles. The number of nitrogens with one attached hydrogen (secondary N) is 1. The number of fused-ring (bicyclic) bond motifs is 1. The Bertz CT molecular complexity index is 1250. The maximum atomic E-state index is 13.0. The second-order valence-corrected chi connectivity index (χ2v) is 6.66. The zero-order valence-corrected chi connectivity index (χ0v) is 15.6. The van der Waals surface area contributed by atoms with Crippen molar-refractivity contribution in [1.29, 1.82) is 0 Å². The van der Waals surface area contributed by atoms with Gasteiger partial charge in [0.1, 0.15) is 11.2 Å². The number of nitrogens with zero attached hydrogens (tertiary/aromatic N) is 5. The fourth-order valence-corrected chi connectivity index (χ4v) is 2.97. The van der Waals surface area contributed by atoms with Crippen molar-refractivity contribution in [2.75, 3.05) is 6.61 Å². The Morgan fingerprint density at radius 1 is 1.20 bits per heavy atom. The number of pyridine rings is 2. The lowest BCUT2D eigenvalue weighted by Gasteiger charge is -2.14. The first-order valence-corrected chi connectivity index (χ1v) is 8.85. The average Bonchev–Trinajstić information content (AvgIpc) is 3.27. The number of hydrogen-bond acceptors (Lipinski definition) is 6. The Morgan fingerprint density at radius 3 is 2.60 bits per heavy atom. The van der Waals surface area contributed by atoms with E-state index in [0.29, 0.717) is 23.0 Å². The van der Waals surface area contributed by atoms with Gasteiger partial charge < -0.3 is 5.11 Å². The van der Waals surface area contributed by atoms with Gasteiger partial charge in [-0.3, -0.25) is 19.4 Å². The Balaban J connectivity index is 1.96. The minimum atomic E-state index is -4.51. The molecule has 0 aliphatic heterocycles.